The standard InChI is InChI=1S/C32H47N9O/c1-6-21-18-22(8-9-26(21)41-12-10-23(11-13-41)40-16-14-39(5)15-17-40)24-19-35-29(33)28-27(24)38-30(25(7-2)37-28)36-20-32(3,4)31(34)42/h8-9,18-19,23H,6-7,10-17,20H2,1-5H3,(H2,33,35)(H2,34,42)(H,36,38). The normalized spacial score (nSPS) is 17.6. The fourth-order valence-electron chi connectivity index (χ4n) is 6.09. The quantitative estimate of drug-likeness (QED) is 0.352. The van der Waals surface area contributed by atoms with Crippen molar-refractivity contribution in [1.82, 2.24) is 24.8 Å². The van der Waals surface area contributed by atoms with Gasteiger partial charge in [0.2, 0.25) is 5.91 Å². The van der Waals surface area contributed by atoms with Gasteiger partial charge in [-0.2, -0.15) is 0 Å². The van der Waals surface area contributed by atoms with Crippen LogP contribution < -0.4 is 21.7 Å². The number of anilines is 3. The maximum absolute atomic E-state index is 11.9. The molecule has 0 bridgehead atoms. The molecule has 0 spiro atoms. The Bertz CT molecular complexity index is 1420. The molecule has 0 unspecified atom stereocenters. The number of carbonyl (C=O) groups is 1. The molecule has 2 saturated heterocycles. The summed E-state index contributed by atoms with van der Waals surface area (Å²) in [6.07, 6.45) is 5.80. The average Bonchev–Trinajstić information content (AvgIpc) is 3.00. The number of piperidine rings is 1. The summed E-state index contributed by atoms with van der Waals surface area (Å²) in [6.45, 7) is 15.1. The van der Waals surface area contributed by atoms with Crippen LogP contribution in [0.4, 0.5) is 17.3 Å². The van der Waals surface area contributed by atoms with Crippen molar-refractivity contribution >= 4 is 34.3 Å². The third kappa shape index (κ3) is 6.15. The number of benzene rings is 1. The molecule has 0 saturated carbocycles. The number of nitrogen functional groups attached to an aromatic ring is 1. The lowest BCUT2D eigenvalue weighted by Crippen LogP contribution is -2.52. The first kappa shape index (κ1) is 30.0. The van der Waals surface area contributed by atoms with Gasteiger partial charge in [0.1, 0.15) is 16.9 Å². The molecule has 1 amide bonds. The molecule has 10 heteroatoms. The van der Waals surface area contributed by atoms with Crippen LogP contribution in [0.15, 0.2) is 24.4 Å². The Labute approximate surface area is 249 Å². The number of carbonyl (C=O) groups excluding carboxylic acids is 1. The van der Waals surface area contributed by atoms with Gasteiger partial charge in [-0.25, -0.2) is 15.0 Å². The van der Waals surface area contributed by atoms with Gasteiger partial charge in [-0.3, -0.25) is 9.69 Å². The number of aryl methyl sites for hydroxylation is 2. The zero-order valence-corrected chi connectivity index (χ0v) is 25.9. The summed E-state index contributed by atoms with van der Waals surface area (Å²) < 4.78 is 0. The zero-order chi connectivity index (χ0) is 30.0. The highest BCUT2D eigenvalue weighted by Gasteiger charge is 2.28. The second-order valence-corrected chi connectivity index (χ2v) is 12.5. The third-order valence-electron chi connectivity index (χ3n) is 9.13. The van der Waals surface area contributed by atoms with Gasteiger partial charge in [0.25, 0.3) is 0 Å². The van der Waals surface area contributed by atoms with Crippen LogP contribution >= 0.6 is 0 Å². The minimum absolute atomic E-state index is 0.353. The molecule has 4 heterocycles. The number of aromatic nitrogens is 3. The summed E-state index contributed by atoms with van der Waals surface area (Å²) in [7, 11) is 2.22. The van der Waals surface area contributed by atoms with Crippen molar-refractivity contribution in [3.63, 3.8) is 0 Å². The van der Waals surface area contributed by atoms with Crippen LogP contribution in [0.5, 0.6) is 0 Å². The monoisotopic (exact) mass is 573 g/mol. The van der Waals surface area contributed by atoms with E-state index in [4.69, 9.17) is 21.4 Å². The molecular formula is C32H47N9O. The number of nitrogens with zero attached hydrogens (tertiary/aromatic N) is 6. The number of rotatable bonds is 9. The summed E-state index contributed by atoms with van der Waals surface area (Å²) in [5.74, 6) is 0.629. The number of nitrogens with one attached hydrogen (secondary N) is 1. The van der Waals surface area contributed by atoms with Crippen molar-refractivity contribution in [2.24, 2.45) is 11.1 Å². The Morgan fingerprint density at radius 3 is 2.38 bits per heavy atom. The molecule has 10 nitrogen and oxygen atoms in total. The molecule has 1 aromatic carbocycles. The number of hydrogen-bond acceptors (Lipinski definition) is 9. The molecule has 2 fully saturated rings. The maximum Gasteiger partial charge on any atom is 0.224 e. The Balaban J connectivity index is 1.41. The van der Waals surface area contributed by atoms with E-state index in [2.05, 4.69) is 57.2 Å². The number of amides is 1. The summed E-state index contributed by atoms with van der Waals surface area (Å²) in [5, 5.41) is 3.33. The Kier molecular flexibility index (Phi) is 8.84. The maximum atomic E-state index is 11.9. The van der Waals surface area contributed by atoms with Crippen LogP contribution in [0.1, 0.15) is 51.8 Å². The number of likely N-dealkylation sites (N-methyl/N-ethyl adjacent to an activating group) is 1. The van der Waals surface area contributed by atoms with Gasteiger partial charge in [0, 0.05) is 69.3 Å². The fourth-order valence-corrected chi connectivity index (χ4v) is 6.09. The number of pyridine rings is 1. The predicted octanol–water partition coefficient (Wildman–Crippen LogP) is 3.54. The molecule has 226 valence electrons. The van der Waals surface area contributed by atoms with Gasteiger partial charge in [-0.15, -0.1) is 0 Å². The van der Waals surface area contributed by atoms with E-state index in [1.54, 1.807) is 6.20 Å². The van der Waals surface area contributed by atoms with Crippen LogP contribution in [0.3, 0.4) is 0 Å². The van der Waals surface area contributed by atoms with E-state index >= 15 is 0 Å². The van der Waals surface area contributed by atoms with Gasteiger partial charge in [-0.05, 0) is 69.8 Å². The number of nitrogens with two attached hydrogens (primary N) is 2. The topological polar surface area (TPSA) is 130 Å². The summed E-state index contributed by atoms with van der Waals surface area (Å²) in [4.78, 5) is 34.0. The lowest BCUT2D eigenvalue weighted by Gasteiger charge is -2.43. The lowest BCUT2D eigenvalue weighted by molar-refractivity contribution is -0.125. The largest absolute Gasteiger partial charge is 0.382 e. The highest BCUT2D eigenvalue weighted by molar-refractivity contribution is 5.97. The highest BCUT2D eigenvalue weighted by atomic mass is 16.1. The van der Waals surface area contributed by atoms with E-state index in [-0.39, 0.29) is 5.91 Å². The first-order valence-corrected chi connectivity index (χ1v) is 15.4. The van der Waals surface area contributed by atoms with Gasteiger partial charge in [0.15, 0.2) is 5.82 Å². The molecule has 5 N–H and O–H groups in total. The second-order valence-electron chi connectivity index (χ2n) is 12.5. The van der Waals surface area contributed by atoms with Crippen LogP contribution in [0.2, 0.25) is 0 Å². The molecule has 2 aliphatic heterocycles. The molecule has 5 rings (SSSR count). The summed E-state index contributed by atoms with van der Waals surface area (Å²) in [6, 6.07) is 7.39. The second kappa shape index (κ2) is 12.4. The SMILES string of the molecule is CCc1cc(-c2cnc(N)c3nc(CC)c(NCC(C)(C)C(N)=O)nc23)ccc1N1CCC(N2CCN(C)CC2)CC1. The summed E-state index contributed by atoms with van der Waals surface area (Å²) >= 11 is 0. The van der Waals surface area contributed by atoms with Crippen LogP contribution in [0, 0.1) is 5.41 Å². The van der Waals surface area contributed by atoms with Crippen molar-refractivity contribution < 1.29 is 4.79 Å². The molecule has 2 aliphatic rings. The molecule has 42 heavy (non-hydrogen) atoms. The van der Waals surface area contributed by atoms with E-state index < -0.39 is 5.41 Å². The molecule has 0 atom stereocenters. The molecule has 2 aromatic heterocycles. The number of primary amides is 1. The number of hydrogen-bond donors (Lipinski definition) is 3. The molecule has 0 aliphatic carbocycles. The van der Waals surface area contributed by atoms with Gasteiger partial charge in [-0.1, -0.05) is 19.9 Å². The minimum Gasteiger partial charge on any atom is -0.382 e. The zero-order valence-electron chi connectivity index (χ0n) is 25.9. The van der Waals surface area contributed by atoms with E-state index in [1.165, 1.54) is 50.3 Å². The van der Waals surface area contributed by atoms with Gasteiger partial charge < -0.3 is 26.6 Å². The first-order valence-electron chi connectivity index (χ1n) is 15.4. The molecule has 0 radical (unpaired) electrons. The number of fused-ring (bicyclic) bond motifs is 1. The van der Waals surface area contributed by atoms with Crippen molar-refractivity contribution in [3.8, 4) is 11.1 Å². The van der Waals surface area contributed by atoms with Crippen LogP contribution in [0.25, 0.3) is 22.2 Å². The van der Waals surface area contributed by atoms with Crippen molar-refractivity contribution in [2.45, 2.75) is 59.4 Å². The van der Waals surface area contributed by atoms with Gasteiger partial charge in [0.05, 0.1) is 11.1 Å². The Morgan fingerprint density at radius 2 is 1.74 bits per heavy atom. The smallest absolute Gasteiger partial charge is 0.224 e. The lowest BCUT2D eigenvalue weighted by atomic mass is 9.93. The van der Waals surface area contributed by atoms with Crippen LogP contribution in [-0.2, 0) is 17.6 Å². The summed E-state index contributed by atoms with van der Waals surface area (Å²) in [5.41, 5.74) is 17.8. The van der Waals surface area contributed by atoms with Crippen LogP contribution in [-0.4, -0.2) is 89.6 Å². The van der Waals surface area contributed by atoms with Crippen molar-refractivity contribution in [3.05, 3.63) is 35.7 Å². The molecular weight excluding hydrogens is 526 g/mol. The Morgan fingerprint density at radius 1 is 1.02 bits per heavy atom. The number of piperazine rings is 1. The van der Waals surface area contributed by atoms with E-state index in [0.29, 0.717) is 41.7 Å². The minimum atomic E-state index is -0.730. The predicted molar refractivity (Wildman–Crippen MR) is 172 cm³/mol. The molecule has 3 aromatic rings. The highest BCUT2D eigenvalue weighted by Crippen LogP contribution is 2.35. The van der Waals surface area contributed by atoms with Crippen molar-refractivity contribution in [1.29, 1.82) is 0 Å². The fraction of sp³-hybridized carbons (Fsp3) is 0.562. The van der Waals surface area contributed by atoms with Crippen molar-refractivity contribution in [2.75, 3.05) is 68.8 Å². The third-order valence-corrected chi connectivity index (χ3v) is 9.13. The van der Waals surface area contributed by atoms with E-state index in [9.17, 15) is 4.79 Å². The van der Waals surface area contributed by atoms with Gasteiger partial charge >= 0.3 is 0 Å². The van der Waals surface area contributed by atoms with E-state index in [1.807, 2.05) is 20.8 Å². The average molecular weight is 574 g/mol. The van der Waals surface area contributed by atoms with E-state index in [0.717, 1.165) is 36.3 Å². The Hall–Kier alpha value is -3.50. The first-order chi connectivity index (χ1) is 20.1.